The highest BCUT2D eigenvalue weighted by Gasteiger charge is 2.15. The minimum Gasteiger partial charge on any atom is -0.348 e. The highest BCUT2D eigenvalue weighted by atomic mass is 32.2. The molecular formula is C30H26FN3OS. The molecule has 36 heavy (non-hydrogen) atoms. The van der Waals surface area contributed by atoms with E-state index in [9.17, 15) is 9.18 Å². The Bertz CT molecular complexity index is 1500. The third-order valence-corrected chi connectivity index (χ3v) is 7.02. The number of halogens is 1. The highest BCUT2D eigenvalue weighted by Crippen LogP contribution is 2.29. The van der Waals surface area contributed by atoms with E-state index in [2.05, 4.69) is 41.1 Å². The molecule has 0 aliphatic rings. The van der Waals surface area contributed by atoms with Gasteiger partial charge in [-0.05, 0) is 53.9 Å². The van der Waals surface area contributed by atoms with Crippen molar-refractivity contribution in [1.82, 2.24) is 14.9 Å². The number of nitrogens with zero attached hydrogens (tertiary/aromatic N) is 2. The van der Waals surface area contributed by atoms with Gasteiger partial charge in [-0.1, -0.05) is 84.1 Å². The number of amides is 1. The van der Waals surface area contributed by atoms with Crippen LogP contribution >= 0.6 is 11.8 Å². The van der Waals surface area contributed by atoms with Crippen molar-refractivity contribution in [2.24, 2.45) is 0 Å². The first-order valence-electron chi connectivity index (χ1n) is 11.8. The van der Waals surface area contributed by atoms with Gasteiger partial charge in [-0.3, -0.25) is 4.79 Å². The van der Waals surface area contributed by atoms with Gasteiger partial charge in [-0.15, -0.1) is 0 Å². The van der Waals surface area contributed by atoms with E-state index in [1.54, 1.807) is 23.9 Å². The van der Waals surface area contributed by atoms with Crippen molar-refractivity contribution in [2.45, 2.75) is 30.9 Å². The van der Waals surface area contributed by atoms with Crippen molar-refractivity contribution in [3.05, 3.63) is 131 Å². The molecule has 1 aromatic heterocycles. The van der Waals surface area contributed by atoms with Crippen molar-refractivity contribution in [1.29, 1.82) is 0 Å². The first-order chi connectivity index (χ1) is 17.5. The second-order valence-electron chi connectivity index (χ2n) is 8.76. The summed E-state index contributed by atoms with van der Waals surface area (Å²) in [5.41, 5.74) is 6.77. The molecule has 0 saturated carbocycles. The highest BCUT2D eigenvalue weighted by molar-refractivity contribution is 7.98. The number of nitrogens with one attached hydrogen (secondary N) is 1. The van der Waals surface area contributed by atoms with Gasteiger partial charge in [0, 0.05) is 17.9 Å². The van der Waals surface area contributed by atoms with Crippen LogP contribution in [0.4, 0.5) is 4.39 Å². The van der Waals surface area contributed by atoms with Gasteiger partial charge < -0.3 is 9.88 Å². The fourth-order valence-corrected chi connectivity index (χ4v) is 5.08. The number of benzene rings is 4. The van der Waals surface area contributed by atoms with Crippen LogP contribution in [-0.4, -0.2) is 15.5 Å². The van der Waals surface area contributed by atoms with Crippen LogP contribution in [0.2, 0.25) is 0 Å². The van der Waals surface area contributed by atoms with Crippen molar-refractivity contribution in [3.63, 3.8) is 0 Å². The topological polar surface area (TPSA) is 46.9 Å². The zero-order chi connectivity index (χ0) is 24.9. The van der Waals surface area contributed by atoms with Gasteiger partial charge in [0.1, 0.15) is 5.82 Å². The van der Waals surface area contributed by atoms with E-state index in [0.29, 0.717) is 24.4 Å². The number of thioether (sulfide) groups is 1. The maximum Gasteiger partial charge on any atom is 0.251 e. The Morgan fingerprint density at radius 3 is 2.44 bits per heavy atom. The van der Waals surface area contributed by atoms with Gasteiger partial charge in [-0.25, -0.2) is 9.37 Å². The third kappa shape index (κ3) is 5.66. The molecule has 1 amide bonds. The number of aromatic nitrogens is 2. The summed E-state index contributed by atoms with van der Waals surface area (Å²) in [7, 11) is 0. The Kier molecular flexibility index (Phi) is 7.14. The summed E-state index contributed by atoms with van der Waals surface area (Å²) in [6, 6.07) is 30.4. The molecular weight excluding hydrogens is 469 g/mol. The second kappa shape index (κ2) is 10.8. The Hall–Kier alpha value is -3.90. The summed E-state index contributed by atoms with van der Waals surface area (Å²) in [5, 5.41) is 3.87. The molecule has 6 heteroatoms. The van der Waals surface area contributed by atoms with Crippen molar-refractivity contribution in [2.75, 3.05) is 0 Å². The van der Waals surface area contributed by atoms with Crippen LogP contribution in [0.25, 0.3) is 11.0 Å². The Morgan fingerprint density at radius 2 is 1.67 bits per heavy atom. The van der Waals surface area contributed by atoms with Gasteiger partial charge >= 0.3 is 0 Å². The molecule has 180 valence electrons. The lowest BCUT2D eigenvalue weighted by atomic mass is 10.1. The van der Waals surface area contributed by atoms with Gasteiger partial charge in [0.15, 0.2) is 5.16 Å². The molecule has 0 unspecified atom stereocenters. The number of carbonyl (C=O) groups excluding carboxylic acids is 1. The number of carbonyl (C=O) groups is 1. The van der Waals surface area contributed by atoms with E-state index in [-0.39, 0.29) is 11.7 Å². The number of rotatable bonds is 8. The monoisotopic (exact) mass is 495 g/mol. The molecule has 5 aromatic rings. The standard InChI is InChI=1S/C30H26FN3OS/c1-21-6-5-9-24(16-21)19-34-28-17-25(29(35)32-18-22-7-3-2-4-8-22)12-15-27(28)33-30(34)36-20-23-10-13-26(31)14-11-23/h2-17H,18-20H2,1H3,(H,32,35). The number of hydrogen-bond donors (Lipinski definition) is 1. The molecule has 0 atom stereocenters. The number of hydrogen-bond acceptors (Lipinski definition) is 3. The summed E-state index contributed by atoms with van der Waals surface area (Å²) < 4.78 is 15.5. The van der Waals surface area contributed by atoms with E-state index < -0.39 is 0 Å². The van der Waals surface area contributed by atoms with Crippen LogP contribution < -0.4 is 5.32 Å². The molecule has 0 spiro atoms. The summed E-state index contributed by atoms with van der Waals surface area (Å²) in [6.45, 7) is 3.19. The fraction of sp³-hybridized carbons (Fsp3) is 0.133. The largest absolute Gasteiger partial charge is 0.348 e. The molecule has 1 heterocycles. The third-order valence-electron chi connectivity index (χ3n) is 5.98. The smallest absolute Gasteiger partial charge is 0.251 e. The summed E-state index contributed by atoms with van der Waals surface area (Å²) in [5.74, 6) is 0.306. The van der Waals surface area contributed by atoms with Crippen LogP contribution in [0, 0.1) is 12.7 Å². The molecule has 4 nitrogen and oxygen atoms in total. The fourth-order valence-electron chi connectivity index (χ4n) is 4.11. The SMILES string of the molecule is Cc1cccc(Cn2c(SCc3ccc(F)cc3)nc3ccc(C(=O)NCc4ccccc4)cc32)c1. The van der Waals surface area contributed by atoms with E-state index in [1.807, 2.05) is 48.5 Å². The van der Waals surface area contributed by atoms with Crippen LogP contribution in [0.3, 0.4) is 0 Å². The number of aryl methyl sites for hydroxylation is 1. The minimum atomic E-state index is -0.242. The molecule has 0 radical (unpaired) electrons. The average Bonchev–Trinajstić information content (AvgIpc) is 3.24. The maximum atomic E-state index is 13.3. The Morgan fingerprint density at radius 1 is 0.889 bits per heavy atom. The predicted molar refractivity (Wildman–Crippen MR) is 144 cm³/mol. The maximum absolute atomic E-state index is 13.3. The second-order valence-corrected chi connectivity index (χ2v) is 9.70. The van der Waals surface area contributed by atoms with Crippen molar-refractivity contribution < 1.29 is 9.18 Å². The lowest BCUT2D eigenvalue weighted by Crippen LogP contribution is -2.22. The van der Waals surface area contributed by atoms with Gasteiger partial charge in [0.2, 0.25) is 0 Å². The molecule has 0 bridgehead atoms. The van der Waals surface area contributed by atoms with E-state index >= 15 is 0 Å². The van der Waals surface area contributed by atoms with Crippen LogP contribution in [-0.2, 0) is 18.8 Å². The Labute approximate surface area is 214 Å². The molecule has 5 rings (SSSR count). The lowest BCUT2D eigenvalue weighted by molar-refractivity contribution is 0.0951. The minimum absolute atomic E-state index is 0.121. The molecule has 4 aromatic carbocycles. The first kappa shape index (κ1) is 23.8. The normalized spacial score (nSPS) is 11.1. The summed E-state index contributed by atoms with van der Waals surface area (Å²) in [4.78, 5) is 17.8. The lowest BCUT2D eigenvalue weighted by Gasteiger charge is -2.11. The number of imidazole rings is 1. The quantitative estimate of drug-likeness (QED) is 0.242. The van der Waals surface area contributed by atoms with Gasteiger partial charge in [0.05, 0.1) is 17.6 Å². The van der Waals surface area contributed by atoms with E-state index in [1.165, 1.54) is 17.7 Å². The summed E-state index contributed by atoms with van der Waals surface area (Å²) in [6.07, 6.45) is 0. The molecule has 0 saturated heterocycles. The molecule has 1 N–H and O–H groups in total. The van der Waals surface area contributed by atoms with E-state index in [4.69, 9.17) is 4.98 Å². The molecule has 0 fully saturated rings. The van der Waals surface area contributed by atoms with E-state index in [0.717, 1.165) is 32.9 Å². The van der Waals surface area contributed by atoms with Gasteiger partial charge in [0.25, 0.3) is 5.91 Å². The molecule has 0 aliphatic heterocycles. The van der Waals surface area contributed by atoms with Gasteiger partial charge in [-0.2, -0.15) is 0 Å². The molecule has 0 aliphatic carbocycles. The van der Waals surface area contributed by atoms with Crippen LogP contribution in [0.15, 0.2) is 102 Å². The van der Waals surface area contributed by atoms with Crippen LogP contribution in [0.5, 0.6) is 0 Å². The zero-order valence-corrected chi connectivity index (χ0v) is 20.8. The zero-order valence-electron chi connectivity index (χ0n) is 19.9. The van der Waals surface area contributed by atoms with Crippen LogP contribution in [0.1, 0.15) is 32.6 Å². The Balaban J connectivity index is 1.44. The average molecular weight is 496 g/mol. The summed E-state index contributed by atoms with van der Waals surface area (Å²) >= 11 is 1.61. The van der Waals surface area contributed by atoms with Crippen molar-refractivity contribution in [3.8, 4) is 0 Å². The number of fused-ring (bicyclic) bond motifs is 1. The first-order valence-corrected chi connectivity index (χ1v) is 12.8. The predicted octanol–water partition coefficient (Wildman–Crippen LogP) is 6.75. The van der Waals surface area contributed by atoms with Crippen molar-refractivity contribution >= 4 is 28.7 Å².